The number of carboxylic acid groups (broad SMARTS) is 1. The van der Waals surface area contributed by atoms with Gasteiger partial charge >= 0.3 is 5.97 Å². The Morgan fingerprint density at radius 2 is 1.83 bits per heavy atom. The number of para-hydroxylation sites is 1. The molecule has 3 aromatic carbocycles. The monoisotopic (exact) mass is 729 g/mol. The SMILES string of the molecule is O=C(CSc1nc2ccccc2s1)N/N=C/c1cc(I)c(OCc2ccc(C(=O)O)cc2)c(I)c1. The fourth-order valence-corrected chi connectivity index (χ4v) is 6.93. The van der Waals surface area contributed by atoms with E-state index in [-0.39, 0.29) is 17.2 Å². The molecule has 1 heterocycles. The average Bonchev–Trinajstić information content (AvgIpc) is 3.26. The predicted molar refractivity (Wildman–Crippen MR) is 156 cm³/mol. The third-order valence-electron chi connectivity index (χ3n) is 4.61. The van der Waals surface area contributed by atoms with Crippen LogP contribution in [0.15, 0.2) is 70.1 Å². The molecule has 178 valence electrons. The maximum absolute atomic E-state index is 12.2. The van der Waals surface area contributed by atoms with Crippen molar-refractivity contribution in [3.05, 3.63) is 84.5 Å². The van der Waals surface area contributed by atoms with Gasteiger partial charge in [0.1, 0.15) is 12.4 Å². The summed E-state index contributed by atoms with van der Waals surface area (Å²) < 4.78 is 9.71. The number of carbonyl (C=O) groups excluding carboxylic acids is 1. The number of hydrazone groups is 1. The quantitative estimate of drug-likeness (QED) is 0.0946. The summed E-state index contributed by atoms with van der Waals surface area (Å²) in [6.45, 7) is 0.321. The maximum atomic E-state index is 12.2. The number of fused-ring (bicyclic) bond motifs is 1. The Labute approximate surface area is 236 Å². The van der Waals surface area contributed by atoms with Gasteiger partial charge in [0.05, 0.1) is 34.9 Å². The molecular weight excluding hydrogens is 712 g/mol. The normalized spacial score (nSPS) is 11.1. The summed E-state index contributed by atoms with van der Waals surface area (Å²) in [4.78, 5) is 27.7. The number of hydrogen-bond donors (Lipinski definition) is 2. The van der Waals surface area contributed by atoms with Gasteiger partial charge in [-0.1, -0.05) is 36.0 Å². The van der Waals surface area contributed by atoms with Crippen LogP contribution >= 0.6 is 68.3 Å². The molecule has 0 aliphatic heterocycles. The fraction of sp³-hybridized carbons (Fsp3) is 0.0833. The lowest BCUT2D eigenvalue weighted by Crippen LogP contribution is -2.19. The van der Waals surface area contributed by atoms with E-state index in [1.807, 2.05) is 36.4 Å². The zero-order valence-electron chi connectivity index (χ0n) is 17.9. The van der Waals surface area contributed by atoms with Crippen molar-refractivity contribution in [1.82, 2.24) is 10.4 Å². The van der Waals surface area contributed by atoms with Crippen molar-refractivity contribution in [3.63, 3.8) is 0 Å². The average molecular weight is 729 g/mol. The van der Waals surface area contributed by atoms with Gasteiger partial charge in [0.15, 0.2) is 4.34 Å². The Kier molecular flexibility index (Phi) is 8.97. The summed E-state index contributed by atoms with van der Waals surface area (Å²) in [5.41, 5.74) is 5.44. The molecule has 0 radical (unpaired) electrons. The highest BCUT2D eigenvalue weighted by atomic mass is 127. The maximum Gasteiger partial charge on any atom is 0.335 e. The minimum absolute atomic E-state index is 0.205. The molecule has 0 aliphatic carbocycles. The number of thioether (sulfide) groups is 1. The number of nitrogens with zero attached hydrogens (tertiary/aromatic N) is 2. The number of thiazole rings is 1. The Bertz CT molecular complexity index is 1350. The van der Waals surface area contributed by atoms with Crippen molar-refractivity contribution < 1.29 is 19.4 Å². The number of halogens is 2. The van der Waals surface area contributed by atoms with Crippen LogP contribution < -0.4 is 10.2 Å². The second-order valence-electron chi connectivity index (χ2n) is 7.13. The van der Waals surface area contributed by atoms with Gasteiger partial charge < -0.3 is 9.84 Å². The first-order chi connectivity index (χ1) is 16.9. The van der Waals surface area contributed by atoms with Crippen LogP contribution in [-0.2, 0) is 11.4 Å². The first-order valence-corrected chi connectivity index (χ1v) is 14.1. The van der Waals surface area contributed by atoms with E-state index >= 15 is 0 Å². The van der Waals surface area contributed by atoms with E-state index in [2.05, 4.69) is 60.7 Å². The Morgan fingerprint density at radius 1 is 1.11 bits per heavy atom. The van der Waals surface area contributed by atoms with E-state index in [9.17, 15) is 9.59 Å². The summed E-state index contributed by atoms with van der Waals surface area (Å²) in [6, 6.07) is 18.3. The number of aromatic nitrogens is 1. The van der Waals surface area contributed by atoms with Gasteiger partial charge in [-0.2, -0.15) is 5.10 Å². The molecule has 0 saturated heterocycles. The van der Waals surface area contributed by atoms with Crippen molar-refractivity contribution in [1.29, 1.82) is 0 Å². The molecule has 2 N–H and O–H groups in total. The molecule has 11 heteroatoms. The van der Waals surface area contributed by atoms with Crippen LogP contribution in [0, 0.1) is 7.14 Å². The Hall–Kier alpha value is -2.23. The van der Waals surface area contributed by atoms with Gasteiger partial charge in [0, 0.05) is 0 Å². The van der Waals surface area contributed by atoms with E-state index in [0.29, 0.717) is 6.61 Å². The van der Waals surface area contributed by atoms with Crippen LogP contribution in [0.1, 0.15) is 21.5 Å². The van der Waals surface area contributed by atoms with Crippen LogP contribution in [0.5, 0.6) is 5.75 Å². The van der Waals surface area contributed by atoms with Gasteiger partial charge in [-0.05, 0) is 92.7 Å². The van der Waals surface area contributed by atoms with Crippen molar-refractivity contribution in [2.45, 2.75) is 10.9 Å². The van der Waals surface area contributed by atoms with Gasteiger partial charge in [0.2, 0.25) is 0 Å². The van der Waals surface area contributed by atoms with E-state index in [4.69, 9.17) is 9.84 Å². The zero-order chi connectivity index (χ0) is 24.8. The summed E-state index contributed by atoms with van der Waals surface area (Å²) in [5, 5.41) is 13.1. The van der Waals surface area contributed by atoms with Crippen LogP contribution in [0.3, 0.4) is 0 Å². The molecule has 4 rings (SSSR count). The van der Waals surface area contributed by atoms with Gasteiger partial charge in [-0.15, -0.1) is 11.3 Å². The highest BCUT2D eigenvalue weighted by Crippen LogP contribution is 2.30. The smallest absolute Gasteiger partial charge is 0.335 e. The first-order valence-electron chi connectivity index (χ1n) is 10.1. The first kappa shape index (κ1) is 25.9. The Morgan fingerprint density at radius 3 is 2.51 bits per heavy atom. The van der Waals surface area contributed by atoms with Crippen molar-refractivity contribution in [2.75, 3.05) is 5.75 Å². The molecule has 0 aliphatic rings. The van der Waals surface area contributed by atoms with Crippen LogP contribution in [0.25, 0.3) is 10.2 Å². The summed E-state index contributed by atoms with van der Waals surface area (Å²) in [6.07, 6.45) is 1.60. The lowest BCUT2D eigenvalue weighted by Gasteiger charge is -2.11. The number of aromatic carboxylic acids is 1. The molecule has 0 unspecified atom stereocenters. The molecule has 4 aromatic rings. The summed E-state index contributed by atoms with van der Waals surface area (Å²) in [7, 11) is 0. The number of carbonyl (C=O) groups is 2. The third-order valence-corrected chi connectivity index (χ3v) is 8.39. The molecular formula is C24H17I2N3O4S2. The minimum atomic E-state index is -0.957. The Balaban J connectivity index is 1.29. The van der Waals surface area contributed by atoms with Crippen LogP contribution in [-0.4, -0.2) is 33.9 Å². The topological polar surface area (TPSA) is 101 Å². The molecule has 0 atom stereocenters. The van der Waals surface area contributed by atoms with Gasteiger partial charge in [-0.25, -0.2) is 15.2 Å². The number of rotatable bonds is 9. The third kappa shape index (κ3) is 7.15. The van der Waals surface area contributed by atoms with E-state index in [1.54, 1.807) is 41.8 Å². The lowest BCUT2D eigenvalue weighted by molar-refractivity contribution is -0.118. The number of nitrogens with one attached hydrogen (secondary N) is 1. The number of carboxylic acids is 1. The second kappa shape index (κ2) is 12.1. The molecule has 0 bridgehead atoms. The summed E-state index contributed by atoms with van der Waals surface area (Å²) in [5.74, 6) is -0.195. The van der Waals surface area contributed by atoms with Crippen molar-refractivity contribution >= 4 is 96.6 Å². The molecule has 0 fully saturated rings. The van der Waals surface area contributed by atoms with Gasteiger partial charge in [0.25, 0.3) is 5.91 Å². The van der Waals surface area contributed by atoms with E-state index < -0.39 is 5.97 Å². The standard InChI is InChI=1S/C24H17I2N3O4S2/c25-17-9-15(10-18(26)22(17)33-12-14-5-7-16(8-6-14)23(31)32)11-27-29-21(30)13-34-24-28-19-3-1-2-4-20(19)35-24/h1-11H,12-13H2,(H,29,30)(H,31,32)/b27-11+. The molecule has 1 aromatic heterocycles. The fourth-order valence-electron chi connectivity index (χ4n) is 2.94. The van der Waals surface area contributed by atoms with Crippen LogP contribution in [0.4, 0.5) is 0 Å². The van der Waals surface area contributed by atoms with Crippen molar-refractivity contribution in [2.24, 2.45) is 5.10 Å². The van der Waals surface area contributed by atoms with E-state index in [1.165, 1.54) is 11.8 Å². The zero-order valence-corrected chi connectivity index (χ0v) is 23.9. The van der Waals surface area contributed by atoms with E-state index in [0.717, 1.165) is 38.6 Å². The predicted octanol–water partition coefficient (Wildman–Crippen LogP) is 6.03. The number of hydrogen-bond acceptors (Lipinski definition) is 7. The number of benzene rings is 3. The molecule has 0 spiro atoms. The highest BCUT2D eigenvalue weighted by molar-refractivity contribution is 14.1. The molecule has 0 saturated carbocycles. The number of amides is 1. The van der Waals surface area contributed by atoms with Crippen molar-refractivity contribution in [3.8, 4) is 5.75 Å². The number of ether oxygens (including phenoxy) is 1. The molecule has 7 nitrogen and oxygen atoms in total. The largest absolute Gasteiger partial charge is 0.487 e. The molecule has 35 heavy (non-hydrogen) atoms. The summed E-state index contributed by atoms with van der Waals surface area (Å²) >= 11 is 7.34. The van der Waals surface area contributed by atoms with Gasteiger partial charge in [-0.3, -0.25) is 4.79 Å². The minimum Gasteiger partial charge on any atom is -0.487 e. The molecule has 1 amide bonds. The highest BCUT2D eigenvalue weighted by Gasteiger charge is 2.10. The second-order valence-corrected chi connectivity index (χ2v) is 11.7. The van der Waals surface area contributed by atoms with Crippen LogP contribution in [0.2, 0.25) is 0 Å². The lowest BCUT2D eigenvalue weighted by atomic mass is 10.1.